The zero-order valence-electron chi connectivity index (χ0n) is 63.2. The number of ether oxygens (including phenoxy) is 1. The molecule has 13 rings (SSSR count). The number of nitrogens with zero attached hydrogens (tertiary/aromatic N) is 4. The van der Waals surface area contributed by atoms with E-state index in [4.69, 9.17) is 9.72 Å². The van der Waals surface area contributed by atoms with Gasteiger partial charge in [0.15, 0.2) is 0 Å². The summed E-state index contributed by atoms with van der Waals surface area (Å²) in [7, 11) is 0. The minimum atomic E-state index is -1.04. The monoisotopic (exact) mass is 1480 g/mol. The fourth-order valence-electron chi connectivity index (χ4n) is 13.7. The van der Waals surface area contributed by atoms with Gasteiger partial charge in [0, 0.05) is 95.4 Å². The average molecular weight is 1480 g/mol. The van der Waals surface area contributed by atoms with Crippen molar-refractivity contribution in [3.8, 4) is 50.7 Å². The van der Waals surface area contributed by atoms with Crippen LogP contribution in [0.1, 0.15) is 211 Å². The molecule has 0 amide bonds. The molecule has 0 bridgehead atoms. The Labute approximate surface area is 600 Å². The Morgan fingerprint density at radius 3 is 1.51 bits per heavy atom. The van der Waals surface area contributed by atoms with Crippen LogP contribution in [-0.4, -0.2) is 9.55 Å². The van der Waals surface area contributed by atoms with Gasteiger partial charge in [0.1, 0.15) is 5.82 Å². The van der Waals surface area contributed by atoms with E-state index in [1.54, 1.807) is 0 Å². The van der Waals surface area contributed by atoms with Crippen molar-refractivity contribution in [1.29, 1.82) is 0 Å². The zero-order valence-corrected chi connectivity index (χ0v) is 64.3. The molecule has 7 heteroatoms. The fourth-order valence-corrected chi connectivity index (χ4v) is 15.0. The second kappa shape index (κ2) is 24.9. The standard InChI is InChI=1S/C90H97N4OS.Pt/c1-54(2)68-29-27-30-69(55(3)4)81(68)58-44-65(51-67(45-58)95-66-34-35-72-78(52-66)94(80-50-59(38-39-91-80)85(5,6)7)77-37-36-71-70-28-23-26-33-79(70)96-84(71)82(72)77)92-53-93(76-32-25-24-31-75(76)92)83-73(56-40-60(86(8,9)10)46-61(41-56)87(11,12)13)48-64(90(20,21)22)49-74(83)57-42-62(88(14,15)16)47-63(43-57)89(17,18)19;/h23-50,53-55H,1-22H3;/q-3;/i54D,55D;. The van der Waals surface area contributed by atoms with E-state index in [0.29, 0.717) is 11.5 Å². The van der Waals surface area contributed by atoms with Crippen molar-refractivity contribution in [2.45, 2.75) is 197 Å². The summed E-state index contributed by atoms with van der Waals surface area (Å²) < 4.78 is 31.6. The van der Waals surface area contributed by atoms with E-state index < -0.39 is 11.8 Å². The average Bonchev–Trinajstić information content (AvgIpc) is 1.59. The van der Waals surface area contributed by atoms with Crippen LogP contribution in [0.15, 0.2) is 170 Å². The van der Waals surface area contributed by atoms with Gasteiger partial charge in [-0.1, -0.05) is 249 Å². The Morgan fingerprint density at radius 2 is 0.969 bits per heavy atom. The number of aromatic nitrogens is 2. The number of thiophene rings is 1. The third kappa shape index (κ3) is 13.1. The van der Waals surface area contributed by atoms with Crippen LogP contribution in [0.25, 0.3) is 81.2 Å². The molecule has 3 aromatic heterocycles. The molecule has 0 saturated heterocycles. The van der Waals surface area contributed by atoms with Crippen molar-refractivity contribution >= 4 is 76.1 Å². The Morgan fingerprint density at radius 1 is 0.464 bits per heavy atom. The first-order chi connectivity index (χ1) is 45.6. The summed E-state index contributed by atoms with van der Waals surface area (Å²) in [6.07, 6.45) is 1.92. The summed E-state index contributed by atoms with van der Waals surface area (Å²) in [5, 5.41) is 4.67. The molecule has 0 atom stereocenters. The van der Waals surface area contributed by atoms with Crippen LogP contribution in [-0.2, 0) is 53.6 Å². The van der Waals surface area contributed by atoms with E-state index in [1.807, 2.05) is 69.5 Å². The number of rotatable bonds is 10. The summed E-state index contributed by atoms with van der Waals surface area (Å²) in [6.45, 7) is 51.7. The summed E-state index contributed by atoms with van der Waals surface area (Å²) in [6, 6.07) is 68.2. The van der Waals surface area contributed by atoms with Crippen molar-refractivity contribution < 1.29 is 28.5 Å². The summed E-state index contributed by atoms with van der Waals surface area (Å²) in [4.78, 5) is 9.81. The molecule has 1 aliphatic heterocycles. The van der Waals surface area contributed by atoms with Crippen LogP contribution in [0.3, 0.4) is 0 Å². The third-order valence-electron chi connectivity index (χ3n) is 19.5. The van der Waals surface area contributed by atoms with Gasteiger partial charge < -0.3 is 19.1 Å². The molecular weight excluding hydrogens is 1380 g/mol. The van der Waals surface area contributed by atoms with Gasteiger partial charge in [-0.05, 0) is 159 Å². The predicted molar refractivity (Wildman–Crippen MR) is 414 cm³/mol. The molecule has 12 aromatic rings. The van der Waals surface area contributed by atoms with E-state index in [2.05, 4.69) is 297 Å². The van der Waals surface area contributed by atoms with Crippen LogP contribution < -0.4 is 14.5 Å². The second-order valence-electron chi connectivity index (χ2n) is 33.6. The largest absolute Gasteiger partial charge is 0.509 e. The van der Waals surface area contributed by atoms with Crippen LogP contribution in [0.2, 0.25) is 0 Å². The smallest absolute Gasteiger partial charge is 0.135 e. The van der Waals surface area contributed by atoms with Gasteiger partial charge in [-0.3, -0.25) is 0 Å². The van der Waals surface area contributed by atoms with Crippen molar-refractivity contribution in [3.05, 3.63) is 233 Å². The van der Waals surface area contributed by atoms with Gasteiger partial charge in [0.25, 0.3) is 0 Å². The van der Waals surface area contributed by atoms with Gasteiger partial charge in [-0.15, -0.1) is 65.0 Å². The van der Waals surface area contributed by atoms with Gasteiger partial charge in [-0.25, -0.2) is 4.98 Å². The van der Waals surface area contributed by atoms with Crippen molar-refractivity contribution in [1.82, 2.24) is 9.55 Å². The maximum absolute atomic E-state index is 9.77. The number of benzene rings is 9. The molecule has 97 heavy (non-hydrogen) atoms. The molecule has 502 valence electrons. The first-order valence-electron chi connectivity index (χ1n) is 35.3. The molecule has 0 aliphatic carbocycles. The maximum Gasteiger partial charge on any atom is 0.135 e. The molecule has 1 aliphatic rings. The third-order valence-corrected chi connectivity index (χ3v) is 20.7. The first-order valence-corrected chi connectivity index (χ1v) is 35.1. The zero-order chi connectivity index (χ0) is 70.5. The van der Waals surface area contributed by atoms with Crippen LogP contribution in [0.5, 0.6) is 11.5 Å². The molecule has 0 radical (unpaired) electrons. The summed E-state index contributed by atoms with van der Waals surface area (Å²) >= 11 is 1.82. The van der Waals surface area contributed by atoms with Crippen LogP contribution in [0, 0.1) is 18.8 Å². The quantitative estimate of drug-likeness (QED) is 0.128. The van der Waals surface area contributed by atoms with E-state index in [1.165, 1.54) is 64.7 Å². The minimum absolute atomic E-state index is 0. The SMILES string of the molecule is [2H]C(C)(C)c1cccc(C([2H])(C)C)c1-c1cc(Oc2[c-]c3c(cc2)c2c4sc5ccccc5c4ccc2n3-c2cc(C(C)(C)C)ccn2)[c-]c(N2[CH-]N(c3c(-c4cc(C(C)(C)C)cc(C(C)(C)C)c4)cc(C(C)(C)C)cc3-c3cc(C(C)(C)C)cc(C(C)(C)C)c3)c3ccccc32)c1.[Pt]. The number of para-hydroxylation sites is 2. The van der Waals surface area contributed by atoms with Gasteiger partial charge in [-0.2, -0.15) is 6.07 Å². The topological polar surface area (TPSA) is 33.5 Å². The van der Waals surface area contributed by atoms with E-state index >= 15 is 0 Å². The van der Waals surface area contributed by atoms with Gasteiger partial charge >= 0.3 is 0 Å². The van der Waals surface area contributed by atoms with E-state index in [0.717, 1.165) is 83.8 Å². The number of hydrogen-bond donors (Lipinski definition) is 0. The van der Waals surface area contributed by atoms with Crippen molar-refractivity contribution in [3.63, 3.8) is 0 Å². The van der Waals surface area contributed by atoms with Crippen molar-refractivity contribution in [2.75, 3.05) is 9.80 Å². The molecule has 0 fully saturated rings. The molecule has 0 unspecified atom stereocenters. The van der Waals surface area contributed by atoms with Gasteiger partial charge in [0.05, 0.1) is 0 Å². The molecule has 9 aromatic carbocycles. The summed E-state index contributed by atoms with van der Waals surface area (Å²) in [5.74, 6) is -0.293. The van der Waals surface area contributed by atoms with E-state index in [9.17, 15) is 2.74 Å². The normalized spacial score (nSPS) is 14.0. The van der Waals surface area contributed by atoms with Crippen LogP contribution >= 0.6 is 11.3 Å². The second-order valence-corrected chi connectivity index (χ2v) is 34.6. The minimum Gasteiger partial charge on any atom is -0.509 e. The Hall–Kier alpha value is -7.76. The molecular formula is C90H97N4OPtS-3. The van der Waals surface area contributed by atoms with Crippen LogP contribution in [0.4, 0.5) is 22.7 Å². The van der Waals surface area contributed by atoms with Crippen molar-refractivity contribution in [2.24, 2.45) is 0 Å². The number of hydrogen-bond acceptors (Lipinski definition) is 5. The van der Waals surface area contributed by atoms with E-state index in [-0.39, 0.29) is 53.6 Å². The van der Waals surface area contributed by atoms with Gasteiger partial charge in [0.2, 0.25) is 0 Å². The number of pyridine rings is 1. The first kappa shape index (κ1) is 66.5. The molecule has 0 spiro atoms. The predicted octanol–water partition coefficient (Wildman–Crippen LogP) is 26.4. The Kier molecular flexibility index (Phi) is 17.1. The molecule has 4 heterocycles. The molecule has 0 saturated carbocycles. The summed E-state index contributed by atoms with van der Waals surface area (Å²) in [5.41, 5.74) is 20.2. The maximum atomic E-state index is 9.77. The Bertz CT molecular complexity index is 4950. The number of fused-ring (bicyclic) bond motifs is 8. The molecule has 5 nitrogen and oxygen atoms in total. The number of anilines is 4. The fraction of sp³-hybridized carbons (Fsp3) is 0.333. The Balaban J connectivity index is 0.00000931. The molecule has 0 N–H and O–H groups in total.